The van der Waals surface area contributed by atoms with Crippen LogP contribution in [0.5, 0.6) is 0 Å². The van der Waals surface area contributed by atoms with Crippen molar-refractivity contribution in [2.75, 3.05) is 0 Å². The number of carbonyl (C=O) groups excluding carboxylic acids is 2. The largest absolute Gasteiger partial charge is 0.451 e. The van der Waals surface area contributed by atoms with Crippen LogP contribution in [0.3, 0.4) is 0 Å². The molecule has 1 fully saturated rings. The van der Waals surface area contributed by atoms with Crippen LogP contribution in [0, 0.1) is 5.82 Å². The molecule has 1 saturated carbocycles. The summed E-state index contributed by atoms with van der Waals surface area (Å²) in [5.74, 6) is -2.26. The van der Waals surface area contributed by atoms with Crippen LogP contribution in [0.15, 0.2) is 29.2 Å². The summed E-state index contributed by atoms with van der Waals surface area (Å²) in [5, 5.41) is 2.84. The highest BCUT2D eigenvalue weighted by molar-refractivity contribution is 7.89. The fourth-order valence-corrected chi connectivity index (χ4v) is 4.17. The summed E-state index contributed by atoms with van der Waals surface area (Å²) < 4.78 is 45.2. The van der Waals surface area contributed by atoms with E-state index in [0.29, 0.717) is 0 Å². The first-order valence-corrected chi connectivity index (χ1v) is 10.5. The van der Waals surface area contributed by atoms with Crippen LogP contribution in [0.1, 0.15) is 46.0 Å². The average Bonchev–Trinajstić information content (AvgIpc) is 2.62. The van der Waals surface area contributed by atoms with Crippen molar-refractivity contribution in [3.63, 3.8) is 0 Å². The Morgan fingerprint density at radius 3 is 2.41 bits per heavy atom. The molecule has 0 radical (unpaired) electrons. The van der Waals surface area contributed by atoms with Crippen LogP contribution in [0.4, 0.5) is 4.39 Å². The maximum absolute atomic E-state index is 13.7. The van der Waals surface area contributed by atoms with Crippen molar-refractivity contribution in [3.8, 4) is 0 Å². The lowest BCUT2D eigenvalue weighted by Gasteiger charge is -2.24. The van der Waals surface area contributed by atoms with E-state index in [9.17, 15) is 22.4 Å². The zero-order valence-electron chi connectivity index (χ0n) is 15.4. The van der Waals surface area contributed by atoms with E-state index >= 15 is 0 Å². The molecule has 0 aliphatic heterocycles. The Labute approximate surface area is 158 Å². The lowest BCUT2D eigenvalue weighted by molar-refractivity contribution is -0.156. The molecule has 27 heavy (non-hydrogen) atoms. The number of halogens is 1. The van der Waals surface area contributed by atoms with E-state index in [0.717, 1.165) is 44.2 Å². The van der Waals surface area contributed by atoms with E-state index in [1.54, 1.807) is 0 Å². The van der Waals surface area contributed by atoms with Crippen molar-refractivity contribution in [1.82, 2.24) is 10.0 Å². The third kappa shape index (κ3) is 6.00. The summed E-state index contributed by atoms with van der Waals surface area (Å²) in [7, 11) is -4.24. The summed E-state index contributed by atoms with van der Waals surface area (Å²) in [5.41, 5.74) is 0. The standard InChI is InChI=1S/C18H25FN2O5S/c1-12(21-27(24,25)16-11-7-6-10-15(16)19)18(23)26-13(2)17(22)20-14-8-4-3-5-9-14/h6-7,10-14,21H,3-5,8-9H2,1-2H3,(H,20,22). The maximum atomic E-state index is 13.7. The minimum atomic E-state index is -4.24. The van der Waals surface area contributed by atoms with Crippen LogP contribution in [-0.2, 0) is 24.3 Å². The molecule has 1 aliphatic rings. The molecule has 1 amide bonds. The van der Waals surface area contributed by atoms with E-state index < -0.39 is 44.8 Å². The van der Waals surface area contributed by atoms with Crippen molar-refractivity contribution in [1.29, 1.82) is 0 Å². The molecule has 2 atom stereocenters. The van der Waals surface area contributed by atoms with Crippen LogP contribution in [0.25, 0.3) is 0 Å². The third-order valence-corrected chi connectivity index (χ3v) is 6.00. The van der Waals surface area contributed by atoms with Crippen molar-refractivity contribution >= 4 is 21.9 Å². The molecule has 2 N–H and O–H groups in total. The predicted molar refractivity (Wildman–Crippen MR) is 96.8 cm³/mol. The van der Waals surface area contributed by atoms with Crippen LogP contribution in [-0.4, -0.2) is 38.5 Å². The van der Waals surface area contributed by atoms with E-state index in [-0.39, 0.29) is 6.04 Å². The van der Waals surface area contributed by atoms with E-state index in [2.05, 4.69) is 10.0 Å². The second-order valence-corrected chi connectivity index (χ2v) is 8.38. The van der Waals surface area contributed by atoms with Gasteiger partial charge in [-0.15, -0.1) is 0 Å². The first kappa shape index (κ1) is 21.3. The first-order chi connectivity index (χ1) is 12.7. The minimum Gasteiger partial charge on any atom is -0.451 e. The predicted octanol–water partition coefficient (Wildman–Crippen LogP) is 1.87. The average molecular weight is 400 g/mol. The van der Waals surface area contributed by atoms with E-state index in [4.69, 9.17) is 4.74 Å². The monoisotopic (exact) mass is 400 g/mol. The van der Waals surface area contributed by atoms with E-state index in [1.807, 2.05) is 0 Å². The molecule has 2 unspecified atom stereocenters. The van der Waals surface area contributed by atoms with Gasteiger partial charge in [0.25, 0.3) is 5.91 Å². The smallest absolute Gasteiger partial charge is 0.324 e. The molecular formula is C18H25FN2O5S. The quantitative estimate of drug-likeness (QED) is 0.681. The lowest BCUT2D eigenvalue weighted by Crippen LogP contribution is -2.46. The Morgan fingerprint density at radius 1 is 1.15 bits per heavy atom. The van der Waals surface area contributed by atoms with Crippen LogP contribution < -0.4 is 10.0 Å². The normalized spacial score (nSPS) is 17.7. The first-order valence-electron chi connectivity index (χ1n) is 8.98. The van der Waals surface area contributed by atoms with Gasteiger partial charge in [-0.05, 0) is 38.8 Å². The minimum absolute atomic E-state index is 0.0735. The molecule has 9 heteroatoms. The Bertz CT molecular complexity index is 778. The van der Waals surface area contributed by atoms with Gasteiger partial charge in [0.15, 0.2) is 6.10 Å². The zero-order chi connectivity index (χ0) is 20.0. The molecule has 0 aromatic heterocycles. The van der Waals surface area contributed by atoms with Gasteiger partial charge in [-0.1, -0.05) is 31.4 Å². The van der Waals surface area contributed by atoms with Crippen molar-refractivity contribution in [2.45, 2.75) is 69.0 Å². The molecule has 1 aromatic carbocycles. The van der Waals surface area contributed by atoms with Gasteiger partial charge >= 0.3 is 5.97 Å². The molecule has 2 rings (SSSR count). The SMILES string of the molecule is CC(NS(=O)(=O)c1ccccc1F)C(=O)OC(C)C(=O)NC1CCCCC1. The number of amides is 1. The highest BCUT2D eigenvalue weighted by Gasteiger charge is 2.28. The number of rotatable bonds is 7. The number of ether oxygens (including phenoxy) is 1. The summed E-state index contributed by atoms with van der Waals surface area (Å²) >= 11 is 0. The van der Waals surface area contributed by atoms with Gasteiger partial charge in [-0.2, -0.15) is 4.72 Å². The number of carbonyl (C=O) groups is 2. The lowest BCUT2D eigenvalue weighted by atomic mass is 9.95. The number of nitrogens with one attached hydrogen (secondary N) is 2. The Morgan fingerprint density at radius 2 is 1.78 bits per heavy atom. The molecule has 0 saturated heterocycles. The van der Waals surface area contributed by atoms with Gasteiger partial charge in [-0.3, -0.25) is 9.59 Å². The fourth-order valence-electron chi connectivity index (χ4n) is 2.90. The molecule has 7 nitrogen and oxygen atoms in total. The number of esters is 1. The van der Waals surface area contributed by atoms with Gasteiger partial charge in [0.2, 0.25) is 10.0 Å². The van der Waals surface area contributed by atoms with Gasteiger partial charge in [0.1, 0.15) is 16.8 Å². The summed E-state index contributed by atoms with van der Waals surface area (Å²) in [6, 6.07) is 3.63. The molecule has 150 valence electrons. The van der Waals surface area contributed by atoms with Crippen LogP contribution in [0.2, 0.25) is 0 Å². The van der Waals surface area contributed by atoms with Crippen molar-refractivity contribution < 1.29 is 27.1 Å². The van der Waals surface area contributed by atoms with Gasteiger partial charge in [0.05, 0.1) is 0 Å². The Hall–Kier alpha value is -2.00. The highest BCUT2D eigenvalue weighted by atomic mass is 32.2. The Kier molecular flexibility index (Phi) is 7.32. The maximum Gasteiger partial charge on any atom is 0.324 e. The number of hydrogen-bond acceptors (Lipinski definition) is 5. The van der Waals surface area contributed by atoms with Crippen molar-refractivity contribution in [2.24, 2.45) is 0 Å². The molecule has 0 bridgehead atoms. The molecular weight excluding hydrogens is 375 g/mol. The summed E-state index contributed by atoms with van der Waals surface area (Å²) in [4.78, 5) is 23.7. The van der Waals surface area contributed by atoms with Crippen molar-refractivity contribution in [3.05, 3.63) is 30.1 Å². The fraction of sp³-hybridized carbons (Fsp3) is 0.556. The molecule has 1 aliphatic carbocycles. The topological polar surface area (TPSA) is 102 Å². The number of benzene rings is 1. The zero-order valence-corrected chi connectivity index (χ0v) is 16.2. The van der Waals surface area contributed by atoms with Crippen LogP contribution >= 0.6 is 0 Å². The van der Waals surface area contributed by atoms with Gasteiger partial charge in [-0.25, -0.2) is 12.8 Å². The highest BCUT2D eigenvalue weighted by Crippen LogP contribution is 2.18. The second kappa shape index (κ2) is 9.27. The summed E-state index contributed by atoms with van der Waals surface area (Å²) in [6.45, 7) is 2.70. The summed E-state index contributed by atoms with van der Waals surface area (Å²) in [6.07, 6.45) is 3.98. The number of hydrogen-bond donors (Lipinski definition) is 2. The molecule has 1 aromatic rings. The number of sulfonamides is 1. The second-order valence-electron chi connectivity index (χ2n) is 6.70. The van der Waals surface area contributed by atoms with Gasteiger partial charge in [0, 0.05) is 6.04 Å². The van der Waals surface area contributed by atoms with E-state index in [1.165, 1.54) is 26.0 Å². The molecule has 0 heterocycles. The third-order valence-electron chi connectivity index (χ3n) is 4.43. The van der Waals surface area contributed by atoms with Gasteiger partial charge < -0.3 is 10.1 Å². The molecule has 0 spiro atoms. The Balaban J connectivity index is 1.90.